The number of hydrogen-bond acceptors (Lipinski definition) is 1. The molecule has 1 N–H and O–H groups in total. The first kappa shape index (κ1) is 9.23. The standard InChI is InChI=1S/C8H8Br2O/c1-5-2-6(4-11)8(10)3-7(5)9/h2-3,11H,4H2,1H3. The first-order valence-corrected chi connectivity index (χ1v) is 4.79. The molecule has 0 aliphatic heterocycles. The molecule has 0 amide bonds. The van der Waals surface area contributed by atoms with Crippen molar-refractivity contribution < 1.29 is 5.11 Å². The molecule has 60 valence electrons. The van der Waals surface area contributed by atoms with E-state index in [1.807, 2.05) is 19.1 Å². The minimum Gasteiger partial charge on any atom is -0.392 e. The highest BCUT2D eigenvalue weighted by atomic mass is 79.9. The first-order valence-electron chi connectivity index (χ1n) is 3.20. The Labute approximate surface area is 82.7 Å². The molecule has 1 aromatic rings. The van der Waals surface area contributed by atoms with Gasteiger partial charge in [0.25, 0.3) is 0 Å². The number of aliphatic hydroxyl groups is 1. The molecule has 1 nitrogen and oxygen atoms in total. The van der Waals surface area contributed by atoms with Crippen LogP contribution in [0.25, 0.3) is 0 Å². The van der Waals surface area contributed by atoms with Crippen molar-refractivity contribution in [2.24, 2.45) is 0 Å². The third-order valence-electron chi connectivity index (χ3n) is 1.50. The fourth-order valence-electron chi connectivity index (χ4n) is 0.838. The van der Waals surface area contributed by atoms with E-state index in [1.165, 1.54) is 0 Å². The quantitative estimate of drug-likeness (QED) is 0.838. The molecule has 11 heavy (non-hydrogen) atoms. The fourth-order valence-corrected chi connectivity index (χ4v) is 1.96. The van der Waals surface area contributed by atoms with Gasteiger partial charge in [0.2, 0.25) is 0 Å². The van der Waals surface area contributed by atoms with Crippen LogP contribution in [0.1, 0.15) is 11.1 Å². The number of hydrogen-bond donors (Lipinski definition) is 1. The molecule has 0 heterocycles. The molecule has 0 fully saturated rings. The number of rotatable bonds is 1. The summed E-state index contributed by atoms with van der Waals surface area (Å²) in [5, 5.41) is 8.89. The molecule has 0 radical (unpaired) electrons. The topological polar surface area (TPSA) is 20.2 Å². The zero-order chi connectivity index (χ0) is 8.43. The van der Waals surface area contributed by atoms with E-state index in [9.17, 15) is 0 Å². The largest absolute Gasteiger partial charge is 0.392 e. The lowest BCUT2D eigenvalue weighted by atomic mass is 10.1. The van der Waals surface area contributed by atoms with E-state index in [0.717, 1.165) is 20.1 Å². The number of halogens is 2. The molecular weight excluding hydrogens is 272 g/mol. The highest BCUT2D eigenvalue weighted by Crippen LogP contribution is 2.25. The van der Waals surface area contributed by atoms with Crippen LogP contribution in [-0.4, -0.2) is 5.11 Å². The molecule has 0 saturated carbocycles. The van der Waals surface area contributed by atoms with Crippen LogP contribution in [-0.2, 0) is 6.61 Å². The van der Waals surface area contributed by atoms with Crippen LogP contribution in [0.15, 0.2) is 21.1 Å². The van der Waals surface area contributed by atoms with Crippen molar-refractivity contribution in [3.8, 4) is 0 Å². The van der Waals surface area contributed by atoms with Gasteiger partial charge in [0, 0.05) is 8.95 Å². The molecule has 1 rings (SSSR count). The van der Waals surface area contributed by atoms with Gasteiger partial charge in [-0.05, 0) is 24.1 Å². The van der Waals surface area contributed by atoms with Crippen LogP contribution >= 0.6 is 31.9 Å². The number of aryl methyl sites for hydroxylation is 1. The Balaban J connectivity index is 3.21. The predicted octanol–water partition coefficient (Wildman–Crippen LogP) is 3.01. The third kappa shape index (κ3) is 2.04. The lowest BCUT2D eigenvalue weighted by molar-refractivity contribution is 0.281. The second-order valence-electron chi connectivity index (χ2n) is 2.35. The second kappa shape index (κ2) is 3.70. The maximum absolute atomic E-state index is 8.89. The van der Waals surface area contributed by atoms with E-state index in [-0.39, 0.29) is 6.61 Å². The summed E-state index contributed by atoms with van der Waals surface area (Å²) in [6, 6.07) is 3.90. The Kier molecular flexibility index (Phi) is 3.10. The van der Waals surface area contributed by atoms with Crippen LogP contribution in [0.5, 0.6) is 0 Å². The average molecular weight is 280 g/mol. The van der Waals surface area contributed by atoms with E-state index in [1.54, 1.807) is 0 Å². The van der Waals surface area contributed by atoms with Gasteiger partial charge in [-0.25, -0.2) is 0 Å². The lowest BCUT2D eigenvalue weighted by Crippen LogP contribution is -1.87. The van der Waals surface area contributed by atoms with Gasteiger partial charge in [0.05, 0.1) is 6.61 Å². The monoisotopic (exact) mass is 278 g/mol. The number of aliphatic hydroxyl groups excluding tert-OH is 1. The molecule has 0 unspecified atom stereocenters. The summed E-state index contributed by atoms with van der Waals surface area (Å²) in [7, 11) is 0. The molecule has 1 aromatic carbocycles. The Morgan fingerprint density at radius 3 is 2.45 bits per heavy atom. The molecule has 0 aliphatic rings. The van der Waals surface area contributed by atoms with Gasteiger partial charge in [0.15, 0.2) is 0 Å². The molecule has 0 atom stereocenters. The van der Waals surface area contributed by atoms with Crippen LogP contribution < -0.4 is 0 Å². The van der Waals surface area contributed by atoms with Gasteiger partial charge in [-0.2, -0.15) is 0 Å². The first-order chi connectivity index (χ1) is 5.15. The molecule has 0 saturated heterocycles. The van der Waals surface area contributed by atoms with Crippen LogP contribution in [0, 0.1) is 6.92 Å². The lowest BCUT2D eigenvalue weighted by Gasteiger charge is -2.03. The van der Waals surface area contributed by atoms with Gasteiger partial charge >= 0.3 is 0 Å². The van der Waals surface area contributed by atoms with E-state index in [0.29, 0.717) is 0 Å². The molecule has 0 bridgehead atoms. The number of benzene rings is 1. The van der Waals surface area contributed by atoms with Crippen molar-refractivity contribution >= 4 is 31.9 Å². The SMILES string of the molecule is Cc1cc(CO)c(Br)cc1Br. The van der Waals surface area contributed by atoms with Crippen molar-refractivity contribution in [2.45, 2.75) is 13.5 Å². The summed E-state index contributed by atoms with van der Waals surface area (Å²) in [6.45, 7) is 2.07. The zero-order valence-electron chi connectivity index (χ0n) is 6.06. The molecular formula is C8H8Br2O. The Bertz CT molecular complexity index is 271. The summed E-state index contributed by atoms with van der Waals surface area (Å²) in [5.41, 5.74) is 2.06. The fraction of sp³-hybridized carbons (Fsp3) is 0.250. The van der Waals surface area contributed by atoms with E-state index in [2.05, 4.69) is 31.9 Å². The summed E-state index contributed by atoms with van der Waals surface area (Å²) >= 11 is 6.75. The van der Waals surface area contributed by atoms with Crippen molar-refractivity contribution in [2.75, 3.05) is 0 Å². The Hall–Kier alpha value is 0.140. The van der Waals surface area contributed by atoms with Crippen LogP contribution in [0.2, 0.25) is 0 Å². The second-order valence-corrected chi connectivity index (χ2v) is 4.06. The van der Waals surface area contributed by atoms with Crippen molar-refractivity contribution in [3.63, 3.8) is 0 Å². The summed E-state index contributed by atoms with van der Waals surface area (Å²) in [5.74, 6) is 0. The summed E-state index contributed by atoms with van der Waals surface area (Å²) in [6.07, 6.45) is 0. The van der Waals surface area contributed by atoms with E-state index < -0.39 is 0 Å². The van der Waals surface area contributed by atoms with E-state index in [4.69, 9.17) is 5.11 Å². The smallest absolute Gasteiger partial charge is 0.0692 e. The Morgan fingerprint density at radius 1 is 1.27 bits per heavy atom. The summed E-state index contributed by atoms with van der Waals surface area (Å²) < 4.78 is 2.00. The Morgan fingerprint density at radius 2 is 1.91 bits per heavy atom. The minimum absolute atomic E-state index is 0.0781. The van der Waals surface area contributed by atoms with Gasteiger partial charge in [-0.15, -0.1) is 0 Å². The van der Waals surface area contributed by atoms with Crippen molar-refractivity contribution in [3.05, 3.63) is 32.2 Å². The van der Waals surface area contributed by atoms with Crippen LogP contribution in [0.3, 0.4) is 0 Å². The maximum Gasteiger partial charge on any atom is 0.0692 e. The molecule has 3 heteroatoms. The molecule has 0 aromatic heterocycles. The van der Waals surface area contributed by atoms with Crippen molar-refractivity contribution in [1.82, 2.24) is 0 Å². The van der Waals surface area contributed by atoms with Gasteiger partial charge in [-0.1, -0.05) is 37.9 Å². The molecule has 0 spiro atoms. The zero-order valence-corrected chi connectivity index (χ0v) is 9.24. The van der Waals surface area contributed by atoms with Gasteiger partial charge in [0.1, 0.15) is 0 Å². The minimum atomic E-state index is 0.0781. The molecule has 0 aliphatic carbocycles. The highest BCUT2D eigenvalue weighted by Gasteiger charge is 2.01. The van der Waals surface area contributed by atoms with Gasteiger partial charge < -0.3 is 5.11 Å². The van der Waals surface area contributed by atoms with Crippen LogP contribution in [0.4, 0.5) is 0 Å². The predicted molar refractivity (Wildman–Crippen MR) is 52.5 cm³/mol. The van der Waals surface area contributed by atoms with Gasteiger partial charge in [-0.3, -0.25) is 0 Å². The average Bonchev–Trinajstić information content (AvgIpc) is 1.97. The normalized spacial score (nSPS) is 10.2. The summed E-state index contributed by atoms with van der Waals surface area (Å²) in [4.78, 5) is 0. The maximum atomic E-state index is 8.89. The highest BCUT2D eigenvalue weighted by molar-refractivity contribution is 9.11. The van der Waals surface area contributed by atoms with Crippen molar-refractivity contribution in [1.29, 1.82) is 0 Å². The van der Waals surface area contributed by atoms with E-state index >= 15 is 0 Å². The third-order valence-corrected chi connectivity index (χ3v) is 3.09.